The van der Waals surface area contributed by atoms with E-state index in [0.717, 1.165) is 16.6 Å². The van der Waals surface area contributed by atoms with Gasteiger partial charge in [0.25, 0.3) is 0 Å². The number of amides is 2. The summed E-state index contributed by atoms with van der Waals surface area (Å²) in [6, 6.07) is 8.98. The van der Waals surface area contributed by atoms with Crippen molar-refractivity contribution in [2.24, 2.45) is 0 Å². The third-order valence-corrected chi connectivity index (χ3v) is 3.39. The van der Waals surface area contributed by atoms with Gasteiger partial charge in [-0.2, -0.15) is 0 Å². The minimum Gasteiger partial charge on any atom is -0.358 e. The molecule has 2 aromatic rings. The molecule has 0 spiro atoms. The van der Waals surface area contributed by atoms with Crippen LogP contribution in [0.5, 0.6) is 0 Å². The van der Waals surface area contributed by atoms with Gasteiger partial charge in [0.2, 0.25) is 11.8 Å². The third kappa shape index (κ3) is 2.19. The van der Waals surface area contributed by atoms with Gasteiger partial charge in [0, 0.05) is 17.6 Å². The van der Waals surface area contributed by atoms with E-state index in [2.05, 4.69) is 15.6 Å². The Morgan fingerprint density at radius 2 is 1.89 bits per heavy atom. The number of aromatic amines is 1. The highest BCUT2D eigenvalue weighted by Crippen LogP contribution is 2.16. The van der Waals surface area contributed by atoms with Crippen molar-refractivity contribution in [3.8, 4) is 0 Å². The van der Waals surface area contributed by atoms with E-state index in [0.29, 0.717) is 6.42 Å². The highest BCUT2D eigenvalue weighted by atomic mass is 16.2. The van der Waals surface area contributed by atoms with Crippen LogP contribution in [0.15, 0.2) is 30.3 Å². The zero-order chi connectivity index (χ0) is 13.4. The fourth-order valence-corrected chi connectivity index (χ4v) is 2.35. The van der Waals surface area contributed by atoms with E-state index in [1.807, 2.05) is 30.3 Å². The Balaban J connectivity index is 1.80. The molecule has 3 rings (SSSR count). The van der Waals surface area contributed by atoms with Crippen LogP contribution < -0.4 is 10.6 Å². The highest BCUT2D eigenvalue weighted by Gasteiger charge is 2.31. The zero-order valence-corrected chi connectivity index (χ0v) is 10.6. The summed E-state index contributed by atoms with van der Waals surface area (Å²) in [5, 5.41) is 6.51. The molecule has 3 N–H and O–H groups in total. The normalized spacial score (nSPS) is 23.2. The zero-order valence-electron chi connectivity index (χ0n) is 10.6. The molecule has 1 aromatic heterocycles. The topological polar surface area (TPSA) is 74.0 Å². The number of nitrogens with one attached hydrogen (secondary N) is 3. The maximum atomic E-state index is 11.8. The molecule has 0 aliphatic carbocycles. The summed E-state index contributed by atoms with van der Waals surface area (Å²) in [7, 11) is 0. The summed E-state index contributed by atoms with van der Waals surface area (Å²) < 4.78 is 0. The minimum atomic E-state index is -0.503. The molecule has 2 heterocycles. The van der Waals surface area contributed by atoms with Gasteiger partial charge in [0.1, 0.15) is 12.1 Å². The van der Waals surface area contributed by atoms with Crippen LogP contribution in [0.25, 0.3) is 10.9 Å². The van der Waals surface area contributed by atoms with Crippen LogP contribution in [0.3, 0.4) is 0 Å². The molecule has 5 heteroatoms. The molecule has 1 fully saturated rings. The van der Waals surface area contributed by atoms with Gasteiger partial charge in [0.05, 0.1) is 0 Å². The summed E-state index contributed by atoms with van der Waals surface area (Å²) in [4.78, 5) is 26.7. The van der Waals surface area contributed by atoms with Crippen LogP contribution in [0, 0.1) is 0 Å². The lowest BCUT2D eigenvalue weighted by Gasteiger charge is -2.27. The van der Waals surface area contributed by atoms with Crippen molar-refractivity contribution < 1.29 is 9.59 Å². The van der Waals surface area contributed by atoms with Crippen molar-refractivity contribution >= 4 is 22.7 Å². The van der Waals surface area contributed by atoms with E-state index in [1.165, 1.54) is 0 Å². The van der Waals surface area contributed by atoms with Crippen LogP contribution in [0.4, 0.5) is 0 Å². The maximum Gasteiger partial charge on any atom is 0.243 e. The van der Waals surface area contributed by atoms with E-state index in [1.54, 1.807) is 6.92 Å². The molecule has 98 valence electrons. The summed E-state index contributed by atoms with van der Waals surface area (Å²) in [6.07, 6.45) is 0.471. The molecule has 0 bridgehead atoms. The summed E-state index contributed by atoms with van der Waals surface area (Å²) in [5.74, 6) is -0.272. The first-order valence-corrected chi connectivity index (χ1v) is 6.31. The number of rotatable bonds is 2. The second-order valence-electron chi connectivity index (χ2n) is 4.88. The van der Waals surface area contributed by atoms with Gasteiger partial charge in [-0.05, 0) is 24.4 Å². The van der Waals surface area contributed by atoms with Crippen LogP contribution in [-0.2, 0) is 16.0 Å². The number of hydrogen-bond acceptors (Lipinski definition) is 2. The third-order valence-electron chi connectivity index (χ3n) is 3.39. The molecule has 0 radical (unpaired) electrons. The van der Waals surface area contributed by atoms with Crippen LogP contribution >= 0.6 is 0 Å². The van der Waals surface area contributed by atoms with Crippen molar-refractivity contribution in [2.75, 3.05) is 0 Å². The van der Waals surface area contributed by atoms with Gasteiger partial charge < -0.3 is 15.6 Å². The molecule has 0 unspecified atom stereocenters. The second-order valence-corrected chi connectivity index (χ2v) is 4.88. The number of piperazine rings is 1. The predicted octanol–water partition coefficient (Wildman–Crippen LogP) is 0.713. The van der Waals surface area contributed by atoms with Crippen LogP contribution in [0.1, 0.15) is 12.6 Å². The van der Waals surface area contributed by atoms with Gasteiger partial charge in [-0.25, -0.2) is 0 Å². The first-order chi connectivity index (χ1) is 9.13. The van der Waals surface area contributed by atoms with Crippen molar-refractivity contribution in [3.05, 3.63) is 36.0 Å². The summed E-state index contributed by atoms with van der Waals surface area (Å²) in [5.41, 5.74) is 1.98. The Morgan fingerprint density at radius 1 is 1.11 bits per heavy atom. The first kappa shape index (κ1) is 11.8. The number of fused-ring (bicyclic) bond motifs is 1. The molecule has 5 nitrogen and oxygen atoms in total. The molecule has 1 aromatic carbocycles. The fourth-order valence-electron chi connectivity index (χ4n) is 2.35. The monoisotopic (exact) mass is 257 g/mol. The standard InChI is InChI=1S/C14H15N3O2/c1-8-13(18)17-12(14(19)15-8)7-10-6-9-4-2-3-5-11(9)16-10/h2-6,8,12,16H,7H2,1H3,(H,15,19)(H,17,18)/t8-,12-/m0/s1. The van der Waals surface area contributed by atoms with Crippen molar-refractivity contribution in [1.29, 1.82) is 0 Å². The molecular formula is C14H15N3O2. The van der Waals surface area contributed by atoms with Crippen LogP contribution in [-0.4, -0.2) is 28.9 Å². The number of benzene rings is 1. The molecule has 2 amide bonds. The van der Waals surface area contributed by atoms with E-state index >= 15 is 0 Å². The quantitative estimate of drug-likeness (QED) is 0.741. The number of para-hydroxylation sites is 1. The Morgan fingerprint density at radius 3 is 2.68 bits per heavy atom. The minimum absolute atomic E-state index is 0.134. The Hall–Kier alpha value is -2.30. The fraction of sp³-hybridized carbons (Fsp3) is 0.286. The number of hydrogen-bond donors (Lipinski definition) is 3. The molecule has 1 saturated heterocycles. The van der Waals surface area contributed by atoms with Gasteiger partial charge in [-0.15, -0.1) is 0 Å². The predicted molar refractivity (Wildman–Crippen MR) is 71.5 cm³/mol. The molecule has 1 aliphatic heterocycles. The van der Waals surface area contributed by atoms with Gasteiger partial charge in [-0.3, -0.25) is 9.59 Å². The van der Waals surface area contributed by atoms with Crippen molar-refractivity contribution in [2.45, 2.75) is 25.4 Å². The Kier molecular flexibility index (Phi) is 2.74. The second kappa shape index (κ2) is 4.42. The Labute approximate surface area is 110 Å². The summed E-state index contributed by atoms with van der Waals surface area (Å²) >= 11 is 0. The average Bonchev–Trinajstić information content (AvgIpc) is 2.78. The highest BCUT2D eigenvalue weighted by molar-refractivity contribution is 5.96. The number of H-pyrrole nitrogens is 1. The number of aromatic nitrogens is 1. The molecule has 1 aliphatic rings. The lowest BCUT2D eigenvalue weighted by molar-refractivity contribution is -0.136. The first-order valence-electron chi connectivity index (χ1n) is 6.31. The maximum absolute atomic E-state index is 11.8. The largest absolute Gasteiger partial charge is 0.358 e. The smallest absolute Gasteiger partial charge is 0.243 e. The van der Waals surface area contributed by atoms with E-state index < -0.39 is 12.1 Å². The van der Waals surface area contributed by atoms with Crippen molar-refractivity contribution in [1.82, 2.24) is 15.6 Å². The molecular weight excluding hydrogens is 242 g/mol. The van der Waals surface area contributed by atoms with E-state index in [4.69, 9.17) is 0 Å². The SMILES string of the molecule is C[C@@H]1NC(=O)[C@H](Cc2cc3ccccc3[nH]2)NC1=O. The van der Waals surface area contributed by atoms with Gasteiger partial charge in [-0.1, -0.05) is 18.2 Å². The lowest BCUT2D eigenvalue weighted by atomic mass is 10.1. The van der Waals surface area contributed by atoms with Crippen molar-refractivity contribution in [3.63, 3.8) is 0 Å². The average molecular weight is 257 g/mol. The molecule has 0 saturated carbocycles. The Bertz CT molecular complexity index is 614. The summed E-state index contributed by atoms with van der Waals surface area (Å²) in [6.45, 7) is 1.67. The number of carbonyl (C=O) groups is 2. The molecule has 2 atom stereocenters. The van der Waals surface area contributed by atoms with E-state index in [-0.39, 0.29) is 11.8 Å². The van der Waals surface area contributed by atoms with Gasteiger partial charge >= 0.3 is 0 Å². The van der Waals surface area contributed by atoms with E-state index in [9.17, 15) is 9.59 Å². The van der Waals surface area contributed by atoms with Crippen LogP contribution in [0.2, 0.25) is 0 Å². The van der Waals surface area contributed by atoms with Gasteiger partial charge in [0.15, 0.2) is 0 Å². The lowest BCUT2D eigenvalue weighted by Crippen LogP contribution is -2.61. The number of carbonyl (C=O) groups excluding carboxylic acids is 2. The molecule has 19 heavy (non-hydrogen) atoms.